The first-order chi connectivity index (χ1) is 13.4. The molecule has 0 saturated carbocycles. The largest absolute Gasteiger partial charge is 0.465 e. The molecular formula is C24H16IrN2O-2. The van der Waals surface area contributed by atoms with Crippen LogP contribution in [0.5, 0.6) is 0 Å². The Balaban J connectivity index is 0.000000159. The van der Waals surface area contributed by atoms with E-state index >= 15 is 0 Å². The van der Waals surface area contributed by atoms with Gasteiger partial charge in [-0.2, -0.15) is 0 Å². The van der Waals surface area contributed by atoms with E-state index in [9.17, 15) is 0 Å². The summed E-state index contributed by atoms with van der Waals surface area (Å²) in [6, 6.07) is 31.6. The minimum atomic E-state index is 0. The van der Waals surface area contributed by atoms with Gasteiger partial charge >= 0.3 is 0 Å². The Morgan fingerprint density at radius 1 is 0.679 bits per heavy atom. The third-order valence-electron chi connectivity index (χ3n) is 3.99. The molecule has 4 heteroatoms. The molecule has 1 radical (unpaired) electrons. The maximum atomic E-state index is 5.33. The summed E-state index contributed by atoms with van der Waals surface area (Å²) < 4.78 is 5.33. The zero-order valence-corrected chi connectivity index (χ0v) is 17.3. The first kappa shape index (κ1) is 19.7. The molecule has 5 aromatic rings. The number of nitrogens with zero attached hydrogens (tertiary/aromatic N) is 2. The molecule has 3 nitrogen and oxygen atoms in total. The third-order valence-corrected chi connectivity index (χ3v) is 3.99. The van der Waals surface area contributed by atoms with Crippen molar-refractivity contribution < 1.29 is 24.5 Å². The Morgan fingerprint density at radius 2 is 1.43 bits per heavy atom. The molecule has 0 atom stereocenters. The van der Waals surface area contributed by atoms with Crippen LogP contribution in [0.2, 0.25) is 0 Å². The summed E-state index contributed by atoms with van der Waals surface area (Å²) in [7, 11) is 0. The topological polar surface area (TPSA) is 38.9 Å². The fraction of sp³-hybridized carbons (Fsp3) is 0. The standard InChI is InChI=1S/C13H8NO.C11H8N.Ir/c1-2-4-10(5-3-1)13-11-7-9-15-12(11)6-8-14-13;1-2-6-10(7-3-1)11-8-4-5-9-12-11;/h1-4,6-9H;1-6,8-9H;/q2*-1;. The molecule has 5 rings (SSSR count). The number of fused-ring (bicyclic) bond motifs is 1. The molecule has 0 unspecified atom stereocenters. The molecule has 0 N–H and O–H groups in total. The van der Waals surface area contributed by atoms with Crippen LogP contribution in [-0.2, 0) is 20.1 Å². The number of benzene rings is 2. The molecule has 28 heavy (non-hydrogen) atoms. The SMILES string of the molecule is [Ir].[c-]1ccccc1-c1ccccn1.[c-]1ccccc1-c1nccc2occc12. The monoisotopic (exact) mass is 541 g/mol. The number of hydrogen-bond donors (Lipinski definition) is 0. The summed E-state index contributed by atoms with van der Waals surface area (Å²) in [5.74, 6) is 0. The summed E-state index contributed by atoms with van der Waals surface area (Å²) in [5.41, 5.74) is 4.78. The molecule has 3 aromatic heterocycles. The van der Waals surface area contributed by atoms with Gasteiger partial charge in [-0.05, 0) is 29.6 Å². The van der Waals surface area contributed by atoms with Crippen molar-refractivity contribution in [3.63, 3.8) is 0 Å². The average molecular weight is 541 g/mol. The average Bonchev–Trinajstić information content (AvgIpc) is 3.25. The first-order valence-corrected chi connectivity index (χ1v) is 8.59. The van der Waals surface area contributed by atoms with E-state index in [-0.39, 0.29) is 20.1 Å². The number of hydrogen-bond acceptors (Lipinski definition) is 3. The van der Waals surface area contributed by atoms with Crippen molar-refractivity contribution in [1.82, 2.24) is 9.97 Å². The van der Waals surface area contributed by atoms with E-state index in [1.165, 1.54) is 0 Å². The van der Waals surface area contributed by atoms with Gasteiger partial charge in [0.2, 0.25) is 0 Å². The van der Waals surface area contributed by atoms with Crippen LogP contribution < -0.4 is 0 Å². The molecule has 0 saturated heterocycles. The summed E-state index contributed by atoms with van der Waals surface area (Å²) >= 11 is 0. The van der Waals surface area contributed by atoms with Gasteiger partial charge in [-0.15, -0.1) is 71.8 Å². The molecule has 0 bridgehead atoms. The predicted octanol–water partition coefficient (Wildman–Crippen LogP) is 5.84. The number of rotatable bonds is 2. The minimum Gasteiger partial charge on any atom is -0.465 e. The van der Waals surface area contributed by atoms with Crippen molar-refractivity contribution in [2.75, 3.05) is 0 Å². The summed E-state index contributed by atoms with van der Waals surface area (Å²) in [4.78, 5) is 8.58. The fourth-order valence-corrected chi connectivity index (χ4v) is 2.72. The second-order valence-electron chi connectivity index (χ2n) is 5.76. The van der Waals surface area contributed by atoms with Gasteiger partial charge in [0.1, 0.15) is 5.58 Å². The van der Waals surface area contributed by atoms with Gasteiger partial charge in [-0.1, -0.05) is 12.1 Å². The Morgan fingerprint density at radius 3 is 2.11 bits per heavy atom. The zero-order chi connectivity index (χ0) is 18.3. The van der Waals surface area contributed by atoms with E-state index < -0.39 is 0 Å². The number of pyridine rings is 2. The number of aromatic nitrogens is 2. The Kier molecular flexibility index (Phi) is 6.85. The van der Waals surface area contributed by atoms with Crippen molar-refractivity contribution in [2.24, 2.45) is 0 Å². The molecule has 0 amide bonds. The summed E-state index contributed by atoms with van der Waals surface area (Å²) in [6.45, 7) is 0. The second kappa shape index (κ2) is 9.75. The first-order valence-electron chi connectivity index (χ1n) is 8.59. The molecule has 0 aliphatic rings. The second-order valence-corrected chi connectivity index (χ2v) is 5.76. The fourth-order valence-electron chi connectivity index (χ4n) is 2.72. The van der Waals surface area contributed by atoms with Crippen LogP contribution in [0.25, 0.3) is 33.5 Å². The predicted molar refractivity (Wildman–Crippen MR) is 107 cm³/mol. The van der Waals surface area contributed by atoms with Gasteiger partial charge in [0.25, 0.3) is 0 Å². The third kappa shape index (κ3) is 4.61. The quantitative estimate of drug-likeness (QED) is 0.264. The van der Waals surface area contributed by atoms with E-state index in [0.717, 1.165) is 33.5 Å². The van der Waals surface area contributed by atoms with Crippen LogP contribution >= 0.6 is 0 Å². The van der Waals surface area contributed by atoms with Gasteiger partial charge in [-0.3, -0.25) is 0 Å². The van der Waals surface area contributed by atoms with Crippen LogP contribution in [0.1, 0.15) is 0 Å². The number of furan rings is 1. The van der Waals surface area contributed by atoms with E-state index in [2.05, 4.69) is 22.1 Å². The van der Waals surface area contributed by atoms with Crippen molar-refractivity contribution in [1.29, 1.82) is 0 Å². The van der Waals surface area contributed by atoms with Crippen molar-refractivity contribution in [3.8, 4) is 22.5 Å². The maximum Gasteiger partial charge on any atom is 0.128 e. The summed E-state index contributed by atoms with van der Waals surface area (Å²) in [5, 5.41) is 1.03. The van der Waals surface area contributed by atoms with Crippen molar-refractivity contribution >= 4 is 11.0 Å². The van der Waals surface area contributed by atoms with Crippen LogP contribution in [0.15, 0.2) is 102 Å². The van der Waals surface area contributed by atoms with Crippen molar-refractivity contribution in [2.45, 2.75) is 0 Å². The van der Waals surface area contributed by atoms with Crippen LogP contribution in [-0.4, -0.2) is 9.97 Å². The minimum absolute atomic E-state index is 0. The van der Waals surface area contributed by atoms with E-state index in [1.807, 2.05) is 78.9 Å². The molecule has 139 valence electrons. The Bertz CT molecular complexity index is 1070. The van der Waals surface area contributed by atoms with Crippen LogP contribution in [0.3, 0.4) is 0 Å². The van der Waals surface area contributed by atoms with Gasteiger partial charge in [-0.25, -0.2) is 0 Å². The van der Waals surface area contributed by atoms with Gasteiger partial charge < -0.3 is 14.4 Å². The Labute approximate surface area is 177 Å². The maximum absolute atomic E-state index is 5.33. The van der Waals surface area contributed by atoms with Crippen LogP contribution in [0.4, 0.5) is 0 Å². The Hall–Kier alpha value is -3.07. The molecular weight excluding hydrogens is 524 g/mol. The molecule has 2 aromatic carbocycles. The molecule has 0 fully saturated rings. The van der Waals surface area contributed by atoms with E-state index in [4.69, 9.17) is 4.42 Å². The molecule has 3 heterocycles. The summed E-state index contributed by atoms with van der Waals surface area (Å²) in [6.07, 6.45) is 5.22. The van der Waals surface area contributed by atoms with Crippen molar-refractivity contribution in [3.05, 3.63) is 110 Å². The molecule has 0 aliphatic heterocycles. The van der Waals surface area contributed by atoms with E-state index in [1.54, 1.807) is 18.7 Å². The smallest absolute Gasteiger partial charge is 0.128 e. The molecule has 0 aliphatic carbocycles. The van der Waals surface area contributed by atoms with Crippen LogP contribution in [0, 0.1) is 12.1 Å². The zero-order valence-electron chi connectivity index (χ0n) is 14.9. The molecule has 0 spiro atoms. The van der Waals surface area contributed by atoms with Gasteiger partial charge in [0.15, 0.2) is 0 Å². The normalized spacial score (nSPS) is 9.86. The van der Waals surface area contributed by atoms with Gasteiger partial charge in [0.05, 0.1) is 6.26 Å². The van der Waals surface area contributed by atoms with E-state index in [0.29, 0.717) is 0 Å². The van der Waals surface area contributed by atoms with Gasteiger partial charge in [0, 0.05) is 37.9 Å².